The van der Waals surface area contributed by atoms with Gasteiger partial charge in [-0.1, -0.05) is 29.8 Å². The molecular weight excluding hydrogens is 276 g/mol. The van der Waals surface area contributed by atoms with E-state index in [4.69, 9.17) is 16.0 Å². The van der Waals surface area contributed by atoms with Crippen molar-refractivity contribution >= 4 is 17.9 Å². The summed E-state index contributed by atoms with van der Waals surface area (Å²) in [4.78, 5) is 10.6. The van der Waals surface area contributed by atoms with Gasteiger partial charge in [-0.05, 0) is 23.8 Å². The molecule has 100 valence electrons. The van der Waals surface area contributed by atoms with Gasteiger partial charge in [0.15, 0.2) is 12.0 Å². The maximum Gasteiger partial charge on any atom is 0.185 e. The lowest BCUT2D eigenvalue weighted by Crippen LogP contribution is -1.99. The topological polar surface area (TPSA) is 48.0 Å². The molecule has 0 aliphatic heterocycles. The molecule has 3 rings (SSSR count). The predicted octanol–water partition coefficient (Wildman–Crippen LogP) is 3.66. The van der Waals surface area contributed by atoms with E-state index in [1.807, 2.05) is 24.3 Å². The largest absolute Gasteiger partial charge is 0.453 e. The zero-order chi connectivity index (χ0) is 13.9. The molecule has 1 aromatic carbocycles. The quantitative estimate of drug-likeness (QED) is 0.688. The highest BCUT2D eigenvalue weighted by atomic mass is 35.5. The van der Waals surface area contributed by atoms with Gasteiger partial charge in [0.2, 0.25) is 0 Å². The van der Waals surface area contributed by atoms with Crippen molar-refractivity contribution in [2.45, 2.75) is 6.54 Å². The summed E-state index contributed by atoms with van der Waals surface area (Å²) >= 11 is 5.84. The van der Waals surface area contributed by atoms with E-state index >= 15 is 0 Å². The van der Waals surface area contributed by atoms with E-state index in [0.717, 1.165) is 11.1 Å². The third-order valence-electron chi connectivity index (χ3n) is 2.90. The highest BCUT2D eigenvalue weighted by Crippen LogP contribution is 2.23. The predicted molar refractivity (Wildman–Crippen MR) is 75.9 cm³/mol. The molecule has 0 radical (unpaired) electrons. The Balaban J connectivity index is 1.87. The number of hydrogen-bond acceptors (Lipinski definition) is 3. The summed E-state index contributed by atoms with van der Waals surface area (Å²) in [6, 6.07) is 11.3. The Morgan fingerprint density at radius 2 is 2.20 bits per heavy atom. The number of carbonyl (C=O) groups is 1. The van der Waals surface area contributed by atoms with Gasteiger partial charge < -0.3 is 4.42 Å². The molecule has 0 N–H and O–H groups in total. The normalized spacial score (nSPS) is 10.7. The molecule has 0 spiro atoms. The number of carbonyl (C=O) groups excluding carboxylic acids is 1. The van der Waals surface area contributed by atoms with Crippen molar-refractivity contribution in [2.24, 2.45) is 0 Å². The summed E-state index contributed by atoms with van der Waals surface area (Å²) < 4.78 is 7.18. The number of aldehydes is 1. The van der Waals surface area contributed by atoms with E-state index < -0.39 is 0 Å². The Bertz CT molecular complexity index is 746. The second kappa shape index (κ2) is 5.35. The van der Waals surface area contributed by atoms with Crippen molar-refractivity contribution in [1.29, 1.82) is 0 Å². The first-order chi connectivity index (χ1) is 9.74. The van der Waals surface area contributed by atoms with Gasteiger partial charge in [-0.15, -0.1) is 0 Å². The molecule has 0 amide bonds. The Kier molecular flexibility index (Phi) is 3.39. The lowest BCUT2D eigenvalue weighted by Gasteiger charge is -2.04. The number of hydrogen-bond donors (Lipinski definition) is 0. The SMILES string of the molecule is O=Cc1ccc(-c2cccc(Cn3cc(Cl)cn3)c2)o1. The van der Waals surface area contributed by atoms with Crippen LogP contribution in [-0.4, -0.2) is 16.1 Å². The van der Waals surface area contributed by atoms with Gasteiger partial charge in [0.25, 0.3) is 0 Å². The average Bonchev–Trinajstić information content (AvgIpc) is 3.08. The Morgan fingerprint density at radius 1 is 1.30 bits per heavy atom. The number of rotatable bonds is 4. The highest BCUT2D eigenvalue weighted by molar-refractivity contribution is 6.30. The second-order valence-corrected chi connectivity index (χ2v) is 4.81. The minimum Gasteiger partial charge on any atom is -0.453 e. The van der Waals surface area contributed by atoms with Crippen molar-refractivity contribution in [3.63, 3.8) is 0 Å². The number of aromatic nitrogens is 2. The van der Waals surface area contributed by atoms with Crippen LogP contribution in [0.5, 0.6) is 0 Å². The Morgan fingerprint density at radius 3 is 2.90 bits per heavy atom. The molecule has 0 saturated heterocycles. The Labute approximate surface area is 120 Å². The standard InChI is InChI=1S/C15H11ClN2O2/c16-13-7-17-18(9-13)8-11-2-1-3-12(6-11)15-5-4-14(10-19)20-15/h1-7,9-10H,8H2. The lowest BCUT2D eigenvalue weighted by atomic mass is 10.1. The molecule has 0 fully saturated rings. The van der Waals surface area contributed by atoms with Gasteiger partial charge in [-0.2, -0.15) is 5.10 Å². The molecule has 20 heavy (non-hydrogen) atoms. The van der Waals surface area contributed by atoms with Crippen LogP contribution in [-0.2, 0) is 6.54 Å². The molecule has 0 unspecified atom stereocenters. The van der Waals surface area contributed by atoms with Crippen LogP contribution in [0.4, 0.5) is 0 Å². The summed E-state index contributed by atoms with van der Waals surface area (Å²) in [6.07, 6.45) is 4.07. The number of benzene rings is 1. The van der Waals surface area contributed by atoms with Gasteiger partial charge in [-0.25, -0.2) is 0 Å². The summed E-state index contributed by atoms with van der Waals surface area (Å²) in [5.41, 5.74) is 2.00. The summed E-state index contributed by atoms with van der Waals surface area (Å²) in [5.74, 6) is 0.997. The number of furan rings is 1. The first-order valence-electron chi connectivity index (χ1n) is 6.07. The third kappa shape index (κ3) is 2.65. The molecule has 2 heterocycles. The van der Waals surface area contributed by atoms with Crippen LogP contribution in [0.1, 0.15) is 16.1 Å². The monoisotopic (exact) mass is 286 g/mol. The minimum absolute atomic E-state index is 0.323. The van der Waals surface area contributed by atoms with Crippen LogP contribution in [0, 0.1) is 0 Å². The zero-order valence-corrected chi connectivity index (χ0v) is 11.2. The molecular formula is C15H11ClN2O2. The molecule has 0 bridgehead atoms. The third-order valence-corrected chi connectivity index (χ3v) is 3.10. The van der Waals surface area contributed by atoms with E-state index in [-0.39, 0.29) is 0 Å². The Hall–Kier alpha value is -2.33. The summed E-state index contributed by atoms with van der Waals surface area (Å²) in [6.45, 7) is 0.627. The van der Waals surface area contributed by atoms with E-state index in [0.29, 0.717) is 29.4 Å². The first-order valence-corrected chi connectivity index (χ1v) is 6.45. The lowest BCUT2D eigenvalue weighted by molar-refractivity contribution is 0.110. The molecule has 0 aliphatic rings. The van der Waals surface area contributed by atoms with Crippen LogP contribution in [0.25, 0.3) is 11.3 Å². The molecule has 5 heteroatoms. The highest BCUT2D eigenvalue weighted by Gasteiger charge is 2.05. The van der Waals surface area contributed by atoms with Crippen molar-refractivity contribution in [3.8, 4) is 11.3 Å². The van der Waals surface area contributed by atoms with Gasteiger partial charge in [-0.3, -0.25) is 9.48 Å². The van der Waals surface area contributed by atoms with Crippen LogP contribution < -0.4 is 0 Å². The van der Waals surface area contributed by atoms with Crippen molar-refractivity contribution in [3.05, 3.63) is 65.1 Å². The van der Waals surface area contributed by atoms with Crippen LogP contribution in [0.2, 0.25) is 5.02 Å². The van der Waals surface area contributed by atoms with E-state index in [2.05, 4.69) is 5.10 Å². The maximum atomic E-state index is 10.6. The molecule has 0 atom stereocenters. The fourth-order valence-corrected chi connectivity index (χ4v) is 2.16. The minimum atomic E-state index is 0.323. The van der Waals surface area contributed by atoms with Crippen LogP contribution >= 0.6 is 11.6 Å². The fourth-order valence-electron chi connectivity index (χ4n) is 2.01. The van der Waals surface area contributed by atoms with Gasteiger partial charge in [0.1, 0.15) is 5.76 Å². The smallest absolute Gasteiger partial charge is 0.185 e. The van der Waals surface area contributed by atoms with Crippen LogP contribution in [0.15, 0.2) is 53.2 Å². The van der Waals surface area contributed by atoms with Crippen LogP contribution in [0.3, 0.4) is 0 Å². The average molecular weight is 287 g/mol. The summed E-state index contributed by atoms with van der Waals surface area (Å²) in [7, 11) is 0. The number of halogens is 1. The first kappa shape index (κ1) is 12.7. The molecule has 0 aliphatic carbocycles. The maximum absolute atomic E-state index is 10.6. The van der Waals surface area contributed by atoms with Crippen molar-refractivity contribution in [1.82, 2.24) is 9.78 Å². The van der Waals surface area contributed by atoms with Crippen molar-refractivity contribution < 1.29 is 9.21 Å². The number of nitrogens with zero attached hydrogens (tertiary/aromatic N) is 2. The van der Waals surface area contributed by atoms with E-state index in [1.54, 1.807) is 29.2 Å². The summed E-state index contributed by atoms with van der Waals surface area (Å²) in [5, 5.41) is 4.76. The van der Waals surface area contributed by atoms with Gasteiger partial charge in [0, 0.05) is 11.8 Å². The van der Waals surface area contributed by atoms with E-state index in [9.17, 15) is 4.79 Å². The van der Waals surface area contributed by atoms with Gasteiger partial charge >= 0.3 is 0 Å². The second-order valence-electron chi connectivity index (χ2n) is 4.38. The fraction of sp³-hybridized carbons (Fsp3) is 0.0667. The van der Waals surface area contributed by atoms with E-state index in [1.165, 1.54) is 0 Å². The van der Waals surface area contributed by atoms with Crippen molar-refractivity contribution in [2.75, 3.05) is 0 Å². The molecule has 4 nitrogen and oxygen atoms in total. The zero-order valence-electron chi connectivity index (χ0n) is 10.5. The molecule has 3 aromatic rings. The van der Waals surface area contributed by atoms with Gasteiger partial charge in [0.05, 0.1) is 17.8 Å². The molecule has 2 aromatic heterocycles. The molecule has 0 saturated carbocycles.